The lowest BCUT2D eigenvalue weighted by Crippen LogP contribution is -2.43. The Morgan fingerprint density at radius 2 is 1.83 bits per heavy atom. The Labute approximate surface area is 177 Å². The van der Waals surface area contributed by atoms with E-state index in [2.05, 4.69) is 11.4 Å². The average Bonchev–Trinajstić information content (AvgIpc) is 2.74. The van der Waals surface area contributed by atoms with Crippen LogP contribution in [0.4, 0.5) is 0 Å². The zero-order valence-corrected chi connectivity index (χ0v) is 17.7. The molecule has 1 heterocycles. The lowest BCUT2D eigenvalue weighted by molar-refractivity contribution is -0.126. The van der Waals surface area contributed by atoms with E-state index < -0.39 is 0 Å². The quantitative estimate of drug-likeness (QED) is 0.780. The predicted octanol–water partition coefficient (Wildman–Crippen LogP) is 3.87. The van der Waals surface area contributed by atoms with Gasteiger partial charge < -0.3 is 15.0 Å². The summed E-state index contributed by atoms with van der Waals surface area (Å²) in [6, 6.07) is 13.0. The van der Waals surface area contributed by atoms with Crippen molar-refractivity contribution in [2.24, 2.45) is 5.92 Å². The van der Waals surface area contributed by atoms with Crippen molar-refractivity contribution in [1.82, 2.24) is 10.2 Å². The number of carbonyl (C=O) groups excluding carboxylic acids is 2. The van der Waals surface area contributed by atoms with Crippen molar-refractivity contribution in [3.05, 3.63) is 64.2 Å². The van der Waals surface area contributed by atoms with E-state index >= 15 is 0 Å². The number of hydrogen-bond acceptors (Lipinski definition) is 3. The molecule has 0 saturated carbocycles. The lowest BCUT2D eigenvalue weighted by Gasteiger charge is -2.31. The second-order valence-electron chi connectivity index (χ2n) is 7.43. The van der Waals surface area contributed by atoms with Crippen LogP contribution in [0.15, 0.2) is 42.5 Å². The molecule has 6 heteroatoms. The molecule has 1 fully saturated rings. The molecule has 0 unspecified atom stereocenters. The minimum absolute atomic E-state index is 0.00735. The number of aryl methyl sites for hydroxylation is 1. The summed E-state index contributed by atoms with van der Waals surface area (Å²) in [5, 5.41) is 3.65. The Morgan fingerprint density at radius 1 is 1.14 bits per heavy atom. The highest BCUT2D eigenvalue weighted by Crippen LogP contribution is 2.21. The molecule has 2 aromatic rings. The lowest BCUT2D eigenvalue weighted by atomic mass is 9.95. The molecule has 0 spiro atoms. The van der Waals surface area contributed by atoms with Gasteiger partial charge in [0.25, 0.3) is 5.91 Å². The van der Waals surface area contributed by atoms with Gasteiger partial charge in [0.1, 0.15) is 5.75 Å². The van der Waals surface area contributed by atoms with Crippen molar-refractivity contribution in [2.45, 2.75) is 26.2 Å². The van der Waals surface area contributed by atoms with Crippen molar-refractivity contribution in [3.8, 4) is 5.75 Å². The first-order chi connectivity index (χ1) is 14.0. The summed E-state index contributed by atoms with van der Waals surface area (Å²) in [5.74, 6) is 0.852. The van der Waals surface area contributed by atoms with Gasteiger partial charge in [0.05, 0.1) is 7.11 Å². The molecular formula is C23H27ClN2O3. The molecule has 2 aromatic carbocycles. The van der Waals surface area contributed by atoms with Crippen LogP contribution >= 0.6 is 11.6 Å². The van der Waals surface area contributed by atoms with E-state index in [-0.39, 0.29) is 17.7 Å². The third-order valence-corrected chi connectivity index (χ3v) is 5.63. The number of amides is 2. The SMILES string of the molecule is COc1ccc(C)cc1CCNC(=O)C1CCN(C(=O)c2ccc(Cl)cc2)CC1. The molecule has 0 radical (unpaired) electrons. The summed E-state index contributed by atoms with van der Waals surface area (Å²) < 4.78 is 5.39. The fourth-order valence-corrected chi connectivity index (χ4v) is 3.81. The van der Waals surface area contributed by atoms with Gasteiger partial charge in [0, 0.05) is 36.1 Å². The normalized spacial score (nSPS) is 14.5. The standard InChI is InChI=1S/C23H27ClN2O3/c1-16-3-8-21(29-2)19(15-16)9-12-25-22(27)17-10-13-26(14-11-17)23(28)18-4-6-20(24)7-5-18/h3-8,15,17H,9-14H2,1-2H3,(H,25,27). The van der Waals surface area contributed by atoms with Gasteiger partial charge in [0.2, 0.25) is 5.91 Å². The third kappa shape index (κ3) is 5.51. The van der Waals surface area contributed by atoms with E-state index in [1.807, 2.05) is 24.0 Å². The Bertz CT molecular complexity index is 859. The number of rotatable bonds is 6. The number of nitrogens with one attached hydrogen (secondary N) is 1. The second-order valence-corrected chi connectivity index (χ2v) is 7.87. The van der Waals surface area contributed by atoms with E-state index in [9.17, 15) is 9.59 Å². The third-order valence-electron chi connectivity index (χ3n) is 5.37. The molecule has 3 rings (SSSR count). The zero-order chi connectivity index (χ0) is 20.8. The highest BCUT2D eigenvalue weighted by molar-refractivity contribution is 6.30. The average molecular weight is 415 g/mol. The van der Waals surface area contributed by atoms with Crippen LogP contribution in [0.1, 0.15) is 34.3 Å². The van der Waals surface area contributed by atoms with Gasteiger partial charge in [-0.2, -0.15) is 0 Å². The summed E-state index contributed by atoms with van der Waals surface area (Å²) in [6.07, 6.45) is 2.09. The van der Waals surface area contributed by atoms with E-state index in [0.29, 0.717) is 43.1 Å². The van der Waals surface area contributed by atoms with Crippen molar-refractivity contribution >= 4 is 23.4 Å². The van der Waals surface area contributed by atoms with Crippen LogP contribution in [0, 0.1) is 12.8 Å². The maximum absolute atomic E-state index is 12.6. The Balaban J connectivity index is 1.46. The molecule has 2 amide bonds. The van der Waals surface area contributed by atoms with Crippen LogP contribution in [0.2, 0.25) is 5.02 Å². The maximum atomic E-state index is 12.6. The summed E-state index contributed by atoms with van der Waals surface area (Å²) in [7, 11) is 1.66. The second kappa shape index (κ2) is 9.79. The van der Waals surface area contributed by atoms with E-state index in [1.54, 1.807) is 31.4 Å². The largest absolute Gasteiger partial charge is 0.496 e. The highest BCUT2D eigenvalue weighted by Gasteiger charge is 2.27. The van der Waals surface area contributed by atoms with Gasteiger partial charge in [0.15, 0.2) is 0 Å². The van der Waals surface area contributed by atoms with Gasteiger partial charge in [-0.1, -0.05) is 29.3 Å². The van der Waals surface area contributed by atoms with Crippen LogP contribution in [-0.4, -0.2) is 43.5 Å². The topological polar surface area (TPSA) is 58.6 Å². The minimum Gasteiger partial charge on any atom is -0.496 e. The van der Waals surface area contributed by atoms with Crippen molar-refractivity contribution < 1.29 is 14.3 Å². The number of hydrogen-bond donors (Lipinski definition) is 1. The van der Waals surface area contributed by atoms with E-state index in [1.165, 1.54) is 5.56 Å². The summed E-state index contributed by atoms with van der Waals surface area (Å²) in [4.78, 5) is 26.9. The smallest absolute Gasteiger partial charge is 0.253 e. The predicted molar refractivity (Wildman–Crippen MR) is 115 cm³/mol. The van der Waals surface area contributed by atoms with E-state index in [0.717, 1.165) is 17.7 Å². The fraction of sp³-hybridized carbons (Fsp3) is 0.391. The number of piperidine rings is 1. The Hall–Kier alpha value is -2.53. The molecule has 5 nitrogen and oxygen atoms in total. The monoisotopic (exact) mass is 414 g/mol. The van der Waals surface area contributed by atoms with Crippen molar-refractivity contribution in [2.75, 3.05) is 26.7 Å². The zero-order valence-electron chi connectivity index (χ0n) is 16.9. The molecular weight excluding hydrogens is 388 g/mol. The number of nitrogens with zero attached hydrogens (tertiary/aromatic N) is 1. The number of halogens is 1. The molecule has 154 valence electrons. The molecule has 0 bridgehead atoms. The van der Waals surface area contributed by atoms with Crippen molar-refractivity contribution in [3.63, 3.8) is 0 Å². The maximum Gasteiger partial charge on any atom is 0.253 e. The molecule has 0 aromatic heterocycles. The molecule has 1 aliphatic rings. The minimum atomic E-state index is -0.0522. The first kappa shape index (κ1) is 21.2. The number of benzene rings is 2. The molecule has 0 atom stereocenters. The first-order valence-corrected chi connectivity index (χ1v) is 10.3. The van der Waals surface area contributed by atoms with Crippen LogP contribution < -0.4 is 10.1 Å². The van der Waals surface area contributed by atoms with Gasteiger partial charge in [-0.15, -0.1) is 0 Å². The number of methoxy groups -OCH3 is 1. The van der Waals surface area contributed by atoms with Crippen LogP contribution in [0.3, 0.4) is 0 Å². The number of ether oxygens (including phenoxy) is 1. The van der Waals surface area contributed by atoms with Crippen LogP contribution in [0.5, 0.6) is 5.75 Å². The molecule has 1 saturated heterocycles. The Kier molecular flexibility index (Phi) is 7.15. The summed E-state index contributed by atoms with van der Waals surface area (Å²) in [6.45, 7) is 3.79. The molecule has 29 heavy (non-hydrogen) atoms. The summed E-state index contributed by atoms with van der Waals surface area (Å²) >= 11 is 5.89. The van der Waals surface area contributed by atoms with Crippen LogP contribution in [-0.2, 0) is 11.2 Å². The van der Waals surface area contributed by atoms with E-state index in [4.69, 9.17) is 16.3 Å². The molecule has 1 N–H and O–H groups in total. The van der Waals surface area contributed by atoms with Crippen molar-refractivity contribution in [1.29, 1.82) is 0 Å². The summed E-state index contributed by atoms with van der Waals surface area (Å²) in [5.41, 5.74) is 2.89. The molecule has 1 aliphatic heterocycles. The highest BCUT2D eigenvalue weighted by atomic mass is 35.5. The fourth-order valence-electron chi connectivity index (χ4n) is 3.69. The van der Waals surface area contributed by atoms with Crippen LogP contribution in [0.25, 0.3) is 0 Å². The van der Waals surface area contributed by atoms with Gasteiger partial charge in [-0.3, -0.25) is 9.59 Å². The number of carbonyl (C=O) groups is 2. The molecule has 0 aliphatic carbocycles. The number of likely N-dealkylation sites (tertiary alicyclic amines) is 1. The first-order valence-electron chi connectivity index (χ1n) is 9.94. The Morgan fingerprint density at radius 3 is 2.48 bits per heavy atom. The van der Waals surface area contributed by atoms with Gasteiger partial charge in [-0.05, 0) is 62.1 Å². The van der Waals surface area contributed by atoms with Gasteiger partial charge >= 0.3 is 0 Å². The van der Waals surface area contributed by atoms with Gasteiger partial charge in [-0.25, -0.2) is 0 Å².